The number of hydrogen-bond acceptors (Lipinski definition) is 4. The molecule has 0 saturated carbocycles. The van der Waals surface area contributed by atoms with Gasteiger partial charge in [0.2, 0.25) is 0 Å². The van der Waals surface area contributed by atoms with Crippen LogP contribution < -0.4 is 0 Å². The highest BCUT2D eigenvalue weighted by atomic mass is 15.2. The van der Waals surface area contributed by atoms with Crippen LogP contribution in [0.4, 0.5) is 0 Å². The number of aromatic nitrogens is 5. The van der Waals surface area contributed by atoms with Crippen LogP contribution in [0, 0.1) is 0 Å². The van der Waals surface area contributed by atoms with Gasteiger partial charge < -0.3 is 4.57 Å². The van der Waals surface area contributed by atoms with E-state index >= 15 is 0 Å². The standard InChI is InChI=1S/C18H22N6/c1-23-13-19-10-16(23)12-24-9-5-8-15(11-24)18-20-17(21-22-18)14-6-3-2-4-7-14/h2-4,6-7,10,13,15H,5,8-9,11-12H2,1H3,(H,20,21,22)/t15-/m0/s1. The van der Waals surface area contributed by atoms with Crippen LogP contribution in [0.2, 0.25) is 0 Å². The van der Waals surface area contributed by atoms with Gasteiger partial charge in [-0.25, -0.2) is 9.97 Å². The largest absolute Gasteiger partial charge is 0.337 e. The minimum Gasteiger partial charge on any atom is -0.337 e. The van der Waals surface area contributed by atoms with Crippen molar-refractivity contribution in [3.8, 4) is 11.4 Å². The van der Waals surface area contributed by atoms with Crippen LogP contribution in [-0.2, 0) is 13.6 Å². The minimum absolute atomic E-state index is 0.414. The first kappa shape index (κ1) is 15.1. The zero-order valence-electron chi connectivity index (χ0n) is 13.9. The highest BCUT2D eigenvalue weighted by Gasteiger charge is 2.24. The number of aromatic amines is 1. The van der Waals surface area contributed by atoms with Crippen molar-refractivity contribution in [1.29, 1.82) is 0 Å². The van der Waals surface area contributed by atoms with Crippen molar-refractivity contribution in [1.82, 2.24) is 29.6 Å². The molecule has 4 rings (SSSR count). The van der Waals surface area contributed by atoms with Crippen molar-refractivity contribution in [2.45, 2.75) is 25.3 Å². The molecule has 6 nitrogen and oxygen atoms in total. The van der Waals surface area contributed by atoms with E-state index < -0.39 is 0 Å². The summed E-state index contributed by atoms with van der Waals surface area (Å²) >= 11 is 0. The molecular formula is C18H22N6. The van der Waals surface area contributed by atoms with E-state index in [1.165, 1.54) is 12.1 Å². The summed E-state index contributed by atoms with van der Waals surface area (Å²) < 4.78 is 2.09. The molecule has 0 amide bonds. The summed E-state index contributed by atoms with van der Waals surface area (Å²) in [4.78, 5) is 11.4. The van der Waals surface area contributed by atoms with Crippen molar-refractivity contribution in [3.63, 3.8) is 0 Å². The summed E-state index contributed by atoms with van der Waals surface area (Å²) in [5, 5.41) is 7.57. The average molecular weight is 322 g/mol. The monoisotopic (exact) mass is 322 g/mol. The zero-order valence-corrected chi connectivity index (χ0v) is 13.9. The molecule has 3 heterocycles. The maximum Gasteiger partial charge on any atom is 0.181 e. The Labute approximate surface area is 141 Å². The van der Waals surface area contributed by atoms with Gasteiger partial charge in [-0.05, 0) is 19.4 Å². The van der Waals surface area contributed by atoms with Gasteiger partial charge >= 0.3 is 0 Å². The molecule has 24 heavy (non-hydrogen) atoms. The first-order chi connectivity index (χ1) is 11.8. The first-order valence-corrected chi connectivity index (χ1v) is 8.45. The molecular weight excluding hydrogens is 300 g/mol. The van der Waals surface area contributed by atoms with Crippen molar-refractivity contribution in [2.75, 3.05) is 13.1 Å². The van der Waals surface area contributed by atoms with E-state index in [-0.39, 0.29) is 0 Å². The highest BCUT2D eigenvalue weighted by molar-refractivity contribution is 5.53. The molecule has 0 aliphatic carbocycles. The summed E-state index contributed by atoms with van der Waals surface area (Å²) in [5.41, 5.74) is 2.31. The third kappa shape index (κ3) is 3.10. The Kier molecular flexibility index (Phi) is 4.13. The Morgan fingerprint density at radius 1 is 1.25 bits per heavy atom. The average Bonchev–Trinajstić information content (AvgIpc) is 3.26. The fourth-order valence-electron chi connectivity index (χ4n) is 3.36. The topological polar surface area (TPSA) is 62.6 Å². The second kappa shape index (κ2) is 6.57. The van der Waals surface area contributed by atoms with E-state index in [4.69, 9.17) is 4.98 Å². The Morgan fingerprint density at radius 2 is 2.12 bits per heavy atom. The van der Waals surface area contributed by atoms with Gasteiger partial charge in [0.1, 0.15) is 5.82 Å². The molecule has 6 heteroatoms. The molecule has 0 spiro atoms. The molecule has 1 N–H and O–H groups in total. The van der Waals surface area contributed by atoms with Crippen LogP contribution in [0.1, 0.15) is 30.3 Å². The lowest BCUT2D eigenvalue weighted by molar-refractivity contribution is 0.193. The number of benzene rings is 1. The lowest BCUT2D eigenvalue weighted by atomic mass is 9.97. The molecule has 1 atom stereocenters. The smallest absolute Gasteiger partial charge is 0.181 e. The van der Waals surface area contributed by atoms with Crippen LogP contribution in [-0.4, -0.2) is 42.7 Å². The van der Waals surface area contributed by atoms with Gasteiger partial charge in [0.25, 0.3) is 0 Å². The van der Waals surface area contributed by atoms with Gasteiger partial charge in [-0.3, -0.25) is 10.00 Å². The molecule has 1 aliphatic rings. The summed E-state index contributed by atoms with van der Waals surface area (Å²) in [7, 11) is 2.05. The van der Waals surface area contributed by atoms with Gasteiger partial charge in [0, 0.05) is 37.8 Å². The maximum absolute atomic E-state index is 4.74. The number of rotatable bonds is 4. The number of nitrogens with zero attached hydrogens (tertiary/aromatic N) is 5. The molecule has 0 unspecified atom stereocenters. The molecule has 1 saturated heterocycles. The number of piperidine rings is 1. The summed E-state index contributed by atoms with van der Waals surface area (Å²) in [6.45, 7) is 3.07. The van der Waals surface area contributed by atoms with Crippen molar-refractivity contribution < 1.29 is 0 Å². The van der Waals surface area contributed by atoms with Gasteiger partial charge in [-0.2, -0.15) is 5.10 Å². The number of imidazole rings is 1. The quantitative estimate of drug-likeness (QED) is 0.802. The Hall–Kier alpha value is -2.47. The van der Waals surface area contributed by atoms with Crippen molar-refractivity contribution in [3.05, 3.63) is 54.4 Å². The maximum atomic E-state index is 4.74. The Morgan fingerprint density at radius 3 is 2.92 bits per heavy atom. The predicted molar refractivity (Wildman–Crippen MR) is 92.3 cm³/mol. The highest BCUT2D eigenvalue weighted by Crippen LogP contribution is 2.26. The third-order valence-corrected chi connectivity index (χ3v) is 4.73. The van der Waals surface area contributed by atoms with E-state index in [0.29, 0.717) is 5.92 Å². The molecule has 124 valence electrons. The van der Waals surface area contributed by atoms with Gasteiger partial charge in [-0.1, -0.05) is 30.3 Å². The Bertz CT molecular complexity index is 791. The molecule has 1 fully saturated rings. The predicted octanol–water partition coefficient (Wildman–Crippen LogP) is 2.58. The zero-order chi connectivity index (χ0) is 16.4. The van der Waals surface area contributed by atoms with Crippen molar-refractivity contribution in [2.24, 2.45) is 7.05 Å². The van der Waals surface area contributed by atoms with Gasteiger partial charge in [0.15, 0.2) is 5.82 Å². The molecule has 3 aromatic rings. The summed E-state index contributed by atoms with van der Waals surface area (Å²) in [5.74, 6) is 2.20. The molecule has 0 radical (unpaired) electrons. The molecule has 1 aliphatic heterocycles. The summed E-state index contributed by atoms with van der Waals surface area (Å²) in [6, 6.07) is 10.1. The third-order valence-electron chi connectivity index (χ3n) is 4.73. The fourth-order valence-corrected chi connectivity index (χ4v) is 3.36. The number of aryl methyl sites for hydroxylation is 1. The van der Waals surface area contributed by atoms with Crippen LogP contribution in [0.3, 0.4) is 0 Å². The number of likely N-dealkylation sites (tertiary alicyclic amines) is 1. The number of nitrogens with one attached hydrogen (secondary N) is 1. The Balaban J connectivity index is 1.46. The van der Waals surface area contributed by atoms with Crippen LogP contribution in [0.5, 0.6) is 0 Å². The minimum atomic E-state index is 0.414. The lowest BCUT2D eigenvalue weighted by Gasteiger charge is -2.31. The van der Waals surface area contributed by atoms with Gasteiger partial charge in [0.05, 0.1) is 12.0 Å². The van der Waals surface area contributed by atoms with E-state index in [1.807, 2.05) is 49.9 Å². The lowest BCUT2D eigenvalue weighted by Crippen LogP contribution is -2.34. The molecule has 0 bridgehead atoms. The normalized spacial score (nSPS) is 18.8. The van der Waals surface area contributed by atoms with Gasteiger partial charge in [-0.15, -0.1) is 0 Å². The second-order valence-electron chi connectivity index (χ2n) is 6.48. The fraction of sp³-hybridized carbons (Fsp3) is 0.389. The second-order valence-corrected chi connectivity index (χ2v) is 6.48. The van der Waals surface area contributed by atoms with E-state index in [9.17, 15) is 0 Å². The molecule has 1 aromatic carbocycles. The first-order valence-electron chi connectivity index (χ1n) is 8.45. The van der Waals surface area contributed by atoms with Crippen LogP contribution in [0.25, 0.3) is 11.4 Å². The van der Waals surface area contributed by atoms with E-state index in [0.717, 1.165) is 43.3 Å². The molecule has 2 aromatic heterocycles. The van der Waals surface area contributed by atoms with E-state index in [2.05, 4.69) is 24.6 Å². The summed E-state index contributed by atoms with van der Waals surface area (Å²) in [6.07, 6.45) is 6.15. The van der Waals surface area contributed by atoms with Crippen LogP contribution >= 0.6 is 0 Å². The SMILES string of the molecule is Cn1cncc1CN1CCC[C@H](c2nc(-c3ccccc3)n[nH]2)C1. The number of H-pyrrole nitrogens is 1. The number of hydrogen-bond donors (Lipinski definition) is 1. The van der Waals surface area contributed by atoms with Crippen molar-refractivity contribution >= 4 is 0 Å². The van der Waals surface area contributed by atoms with E-state index in [1.54, 1.807) is 0 Å². The van der Waals surface area contributed by atoms with Crippen LogP contribution in [0.15, 0.2) is 42.9 Å².